The van der Waals surface area contributed by atoms with Gasteiger partial charge in [-0.1, -0.05) is 119 Å². The first-order chi connectivity index (χ1) is 43.1. The van der Waals surface area contributed by atoms with Crippen LogP contribution in [0.25, 0.3) is 0 Å². The number of nitrogens with zero attached hydrogens (tertiary/aromatic N) is 2. The maximum atomic E-state index is 14.8. The van der Waals surface area contributed by atoms with Crippen molar-refractivity contribution in [2.75, 3.05) is 54.5 Å². The Balaban J connectivity index is 0.000000339. The molecule has 0 aliphatic rings. The molecule has 3 atom stereocenters. The highest BCUT2D eigenvalue weighted by atomic mass is 35.5. The number of aryl methyl sites for hydroxylation is 2. The fourth-order valence-corrected chi connectivity index (χ4v) is 12.1. The lowest BCUT2D eigenvalue weighted by Gasteiger charge is -2.43. The Labute approximate surface area is 564 Å². The molecule has 3 unspecified atom stereocenters. The molecule has 0 spiro atoms. The molecule has 12 nitrogen and oxygen atoms in total. The Hall–Kier alpha value is -5.66. The number of hydrogen-bond acceptors (Lipinski definition) is 12. The van der Waals surface area contributed by atoms with Gasteiger partial charge in [0.25, 0.3) is 5.79 Å². The highest BCUT2D eigenvalue weighted by molar-refractivity contribution is 6.69. The second-order valence-corrected chi connectivity index (χ2v) is 32.1. The Bertz CT molecular complexity index is 3110. The van der Waals surface area contributed by atoms with Crippen LogP contribution in [-0.2, 0) is 50.6 Å². The van der Waals surface area contributed by atoms with Gasteiger partial charge in [0.05, 0.1) is 7.11 Å². The minimum Gasteiger partial charge on any atom is -0.484 e. The van der Waals surface area contributed by atoms with Gasteiger partial charge >= 0.3 is 24.1 Å². The number of ether oxygens (including phenoxy) is 6. The summed E-state index contributed by atoms with van der Waals surface area (Å²) in [5, 5.41) is 2.81. The molecular weight excluding hydrogens is 1280 g/mol. The van der Waals surface area contributed by atoms with Crippen LogP contribution in [0, 0.1) is 0 Å². The molecular formula is C72H91Cl4F3N2O10Si. The van der Waals surface area contributed by atoms with Crippen molar-refractivity contribution in [3.05, 3.63) is 199 Å². The van der Waals surface area contributed by atoms with Crippen LogP contribution in [0.3, 0.4) is 0 Å². The van der Waals surface area contributed by atoms with E-state index in [1.165, 1.54) is 23.8 Å². The maximum Gasteiger partial charge on any atom is 0.446 e. The Morgan fingerprint density at radius 3 is 1.14 bits per heavy atom. The van der Waals surface area contributed by atoms with E-state index in [9.17, 15) is 27.6 Å². The molecule has 92 heavy (non-hydrogen) atoms. The highest BCUT2D eigenvalue weighted by Gasteiger charge is 2.65. The Kier molecular flexibility index (Phi) is 29.9. The second kappa shape index (κ2) is 35.7. The van der Waals surface area contributed by atoms with Crippen molar-refractivity contribution in [2.45, 2.75) is 160 Å². The number of methoxy groups -OCH3 is 2. The van der Waals surface area contributed by atoms with E-state index in [1.54, 1.807) is 73.3 Å². The second-order valence-electron chi connectivity index (χ2n) is 25.9. The molecule has 6 aromatic carbocycles. The van der Waals surface area contributed by atoms with Crippen LogP contribution in [0.5, 0.6) is 11.5 Å². The topological polar surface area (TPSA) is 122 Å². The zero-order chi connectivity index (χ0) is 68.0. The molecule has 0 bridgehead atoms. The van der Waals surface area contributed by atoms with Gasteiger partial charge in [0.2, 0.25) is 0 Å². The zero-order valence-corrected chi connectivity index (χ0v) is 59.3. The fraction of sp³-hybridized carbons (Fsp3) is 0.458. The predicted molar refractivity (Wildman–Crippen MR) is 365 cm³/mol. The minimum atomic E-state index is -4.95. The fourth-order valence-electron chi connectivity index (χ4n) is 10.3. The van der Waals surface area contributed by atoms with E-state index in [2.05, 4.69) is 48.2 Å². The number of carbonyl (C=O) groups is 3. The number of alkyl halides is 3. The molecule has 0 heterocycles. The average molecular weight is 1370 g/mol. The van der Waals surface area contributed by atoms with Crippen molar-refractivity contribution in [1.29, 1.82) is 0 Å². The van der Waals surface area contributed by atoms with Crippen molar-refractivity contribution in [2.24, 2.45) is 0 Å². The van der Waals surface area contributed by atoms with Gasteiger partial charge in [0.1, 0.15) is 22.7 Å². The van der Waals surface area contributed by atoms with E-state index in [-0.39, 0.29) is 49.2 Å². The van der Waals surface area contributed by atoms with Crippen molar-refractivity contribution in [3.63, 3.8) is 0 Å². The zero-order valence-electron chi connectivity index (χ0n) is 55.3. The van der Waals surface area contributed by atoms with E-state index < -0.39 is 55.6 Å². The number of carbonyl (C=O) groups excluding carboxylic acids is 3. The van der Waals surface area contributed by atoms with Crippen molar-refractivity contribution < 1.29 is 60.4 Å². The van der Waals surface area contributed by atoms with Crippen molar-refractivity contribution in [1.82, 2.24) is 9.80 Å². The third-order valence-electron chi connectivity index (χ3n) is 14.6. The normalized spacial score (nSPS) is 13.5. The van der Waals surface area contributed by atoms with E-state index >= 15 is 0 Å². The van der Waals surface area contributed by atoms with Crippen LogP contribution < -0.4 is 9.47 Å². The molecule has 0 amide bonds. The van der Waals surface area contributed by atoms with Crippen LogP contribution in [0.15, 0.2) is 146 Å². The third-order valence-corrected chi connectivity index (χ3v) is 16.5. The standard InChI is InChI=1S/C38H50Cl2F3NO5Si.C34H41Cl2NO5/c1-36(2,3)48-35(45)24-23-34(37(46-5,38(41,42)43)49-50(6,7)8)47-32-21-11-27(12-22-32)10-9-25-44(4)26-33(28-13-17-30(39)18-14-28)29-15-19-31(40)20-16-29;1-34(2,3)42-32(38)21-20-31(33(39)40-5)41-29-18-8-24(9-19-29)7-6-22-37(4)23-30(25-10-14-27(35)15-11-25)26-12-16-28(36)17-13-26/h11-22,33-34H,9-10,23-26H2,1-8H3;8-19,30-31H,6-7,20-23H2,1-5H3. The minimum absolute atomic E-state index is 0.0551. The molecule has 20 heteroatoms. The van der Waals surface area contributed by atoms with Gasteiger partial charge in [-0.25, -0.2) is 4.79 Å². The van der Waals surface area contributed by atoms with E-state index in [0.717, 1.165) is 85.7 Å². The lowest BCUT2D eigenvalue weighted by Crippen LogP contribution is -2.63. The van der Waals surface area contributed by atoms with Crippen molar-refractivity contribution in [3.8, 4) is 11.5 Å². The molecule has 0 saturated carbocycles. The molecule has 0 aliphatic heterocycles. The summed E-state index contributed by atoms with van der Waals surface area (Å²) in [5.74, 6) is -3.57. The summed E-state index contributed by atoms with van der Waals surface area (Å²) in [6, 6.07) is 46.5. The molecule has 6 aromatic rings. The number of halogens is 7. The van der Waals surface area contributed by atoms with E-state index in [1.807, 2.05) is 109 Å². The summed E-state index contributed by atoms with van der Waals surface area (Å²) in [7, 11) is 3.63. The first-order valence-corrected chi connectivity index (χ1v) is 35.8. The van der Waals surface area contributed by atoms with Gasteiger partial charge in [-0.3, -0.25) is 9.59 Å². The lowest BCUT2D eigenvalue weighted by atomic mass is 9.91. The molecule has 0 fully saturated rings. The van der Waals surface area contributed by atoms with Gasteiger partial charge in [-0.15, -0.1) is 0 Å². The van der Waals surface area contributed by atoms with Gasteiger partial charge in [0.15, 0.2) is 20.5 Å². The summed E-state index contributed by atoms with van der Waals surface area (Å²) in [4.78, 5) is 41.5. The van der Waals surface area contributed by atoms with Crippen LogP contribution in [0.4, 0.5) is 13.2 Å². The first kappa shape index (κ1) is 77.0. The maximum absolute atomic E-state index is 14.8. The van der Waals surface area contributed by atoms with Crippen molar-refractivity contribution >= 4 is 72.6 Å². The van der Waals surface area contributed by atoms with Gasteiger partial charge in [-0.05, 0) is 220 Å². The van der Waals surface area contributed by atoms with Crippen LogP contribution in [0.2, 0.25) is 39.7 Å². The summed E-state index contributed by atoms with van der Waals surface area (Å²) in [5.41, 5.74) is 5.54. The quantitative estimate of drug-likeness (QED) is 0.0178. The van der Waals surface area contributed by atoms with Crippen LogP contribution in [-0.4, -0.2) is 126 Å². The SMILES string of the molecule is COC(=O)C(CCC(=O)OC(C)(C)C)Oc1ccc(CCCN(C)CC(c2ccc(Cl)cc2)c2ccc(Cl)cc2)cc1.COC(O[Si](C)(C)C)(C(CCC(=O)OC(C)(C)C)Oc1ccc(CCCN(C)CC(c2ccc(Cl)cc2)c2ccc(Cl)cc2)cc1)C(F)(F)F. The predicted octanol–water partition coefficient (Wildman–Crippen LogP) is 18.0. The summed E-state index contributed by atoms with van der Waals surface area (Å²) < 4.78 is 82.6. The molecule has 0 radical (unpaired) electrons. The third kappa shape index (κ3) is 26.6. The number of rotatable bonds is 31. The van der Waals surface area contributed by atoms with E-state index in [0.29, 0.717) is 15.8 Å². The monoisotopic (exact) mass is 1370 g/mol. The summed E-state index contributed by atoms with van der Waals surface area (Å²) in [6.07, 6.45) is -4.47. The van der Waals surface area contributed by atoms with Gasteiger partial charge in [-0.2, -0.15) is 13.2 Å². The van der Waals surface area contributed by atoms with E-state index in [4.69, 9.17) is 79.3 Å². The van der Waals surface area contributed by atoms with Crippen LogP contribution >= 0.6 is 46.4 Å². The number of benzene rings is 6. The molecule has 0 saturated heterocycles. The Morgan fingerprint density at radius 2 is 0.837 bits per heavy atom. The van der Waals surface area contributed by atoms with Gasteiger partial charge in [0, 0.05) is 77.8 Å². The molecule has 502 valence electrons. The number of esters is 3. The lowest BCUT2D eigenvalue weighted by molar-refractivity contribution is -0.374. The molecule has 0 N–H and O–H groups in total. The highest BCUT2D eigenvalue weighted by Crippen LogP contribution is 2.43. The smallest absolute Gasteiger partial charge is 0.446 e. The van der Waals surface area contributed by atoms with Crippen LogP contribution in [0.1, 0.15) is 125 Å². The summed E-state index contributed by atoms with van der Waals surface area (Å²) >= 11 is 24.6. The largest absolute Gasteiger partial charge is 0.484 e. The number of hydrogen-bond donors (Lipinski definition) is 0. The average Bonchev–Trinajstić information content (AvgIpc) is 0.775. The first-order valence-electron chi connectivity index (χ1n) is 30.9. The van der Waals surface area contributed by atoms with Gasteiger partial charge < -0.3 is 42.6 Å². The molecule has 0 aromatic heterocycles. The summed E-state index contributed by atoms with van der Waals surface area (Å²) in [6.45, 7) is 18.8. The molecule has 6 rings (SSSR count). The Morgan fingerprint density at radius 1 is 0.500 bits per heavy atom. The number of likely N-dealkylation sites (N-methyl/N-ethyl adjacent to an activating group) is 2. The molecule has 0 aliphatic carbocycles.